The van der Waals surface area contributed by atoms with E-state index in [1.54, 1.807) is 23.2 Å². The van der Waals surface area contributed by atoms with Crippen molar-refractivity contribution < 1.29 is 9.72 Å². The van der Waals surface area contributed by atoms with Crippen LogP contribution in [0, 0.1) is 10.1 Å². The fraction of sp³-hybridized carbons (Fsp3) is 0.474. The first kappa shape index (κ1) is 19.0. The van der Waals surface area contributed by atoms with Crippen LogP contribution in [0.3, 0.4) is 0 Å². The highest BCUT2D eigenvalue weighted by atomic mass is 16.6. The number of hydrogen-bond acceptors (Lipinski definition) is 5. The number of carbonyl (C=O) groups is 1. The lowest BCUT2D eigenvalue weighted by atomic mass is 9.85. The van der Waals surface area contributed by atoms with Gasteiger partial charge in [0.05, 0.1) is 4.92 Å². The third kappa shape index (κ3) is 3.71. The van der Waals surface area contributed by atoms with Gasteiger partial charge in [0.2, 0.25) is 0 Å². The molecule has 1 amide bonds. The molecule has 0 radical (unpaired) electrons. The Labute approximate surface area is 158 Å². The number of nitrogens with zero attached hydrogens (tertiary/aromatic N) is 4. The van der Waals surface area contributed by atoms with Crippen molar-refractivity contribution in [3.8, 4) is 0 Å². The second-order valence-corrected chi connectivity index (χ2v) is 7.85. The zero-order valence-corrected chi connectivity index (χ0v) is 16.1. The van der Waals surface area contributed by atoms with E-state index in [2.05, 4.69) is 10.3 Å². The molecule has 8 nitrogen and oxygen atoms in total. The summed E-state index contributed by atoms with van der Waals surface area (Å²) >= 11 is 0. The van der Waals surface area contributed by atoms with Crippen LogP contribution in [0.15, 0.2) is 30.6 Å². The van der Waals surface area contributed by atoms with Gasteiger partial charge in [0, 0.05) is 56.3 Å². The zero-order valence-electron chi connectivity index (χ0n) is 16.1. The van der Waals surface area contributed by atoms with Gasteiger partial charge in [-0.15, -0.1) is 0 Å². The number of carbonyl (C=O) groups excluding carboxylic acids is 1. The average Bonchev–Trinajstić information content (AvgIpc) is 3.05. The molecule has 0 saturated carbocycles. The fourth-order valence-corrected chi connectivity index (χ4v) is 3.49. The predicted octanol–water partition coefficient (Wildman–Crippen LogP) is 2.41. The van der Waals surface area contributed by atoms with Crippen LogP contribution in [0.2, 0.25) is 0 Å². The molecule has 2 heterocycles. The lowest BCUT2D eigenvalue weighted by molar-refractivity contribution is -0.386. The van der Waals surface area contributed by atoms with E-state index in [9.17, 15) is 14.9 Å². The fourth-order valence-electron chi connectivity index (χ4n) is 3.49. The second-order valence-electron chi connectivity index (χ2n) is 7.85. The third-order valence-corrected chi connectivity index (χ3v) is 4.91. The Morgan fingerprint density at radius 2 is 2.11 bits per heavy atom. The smallest absolute Gasteiger partial charge is 0.273 e. The van der Waals surface area contributed by atoms with E-state index in [1.165, 1.54) is 6.07 Å². The molecule has 1 aliphatic heterocycles. The van der Waals surface area contributed by atoms with Gasteiger partial charge in [-0.25, -0.2) is 4.98 Å². The van der Waals surface area contributed by atoms with Crippen molar-refractivity contribution in [1.29, 1.82) is 0 Å². The third-order valence-electron chi connectivity index (χ3n) is 4.91. The monoisotopic (exact) mass is 371 g/mol. The zero-order chi connectivity index (χ0) is 19.8. The van der Waals surface area contributed by atoms with Crippen molar-refractivity contribution in [2.75, 3.05) is 19.6 Å². The molecule has 1 atom stereocenters. The lowest BCUT2D eigenvalue weighted by Crippen LogP contribution is -2.49. The van der Waals surface area contributed by atoms with Crippen molar-refractivity contribution >= 4 is 11.6 Å². The maximum atomic E-state index is 13.2. The summed E-state index contributed by atoms with van der Waals surface area (Å²) in [4.78, 5) is 30.5. The molecule has 144 valence electrons. The van der Waals surface area contributed by atoms with Crippen molar-refractivity contribution in [2.45, 2.75) is 32.2 Å². The van der Waals surface area contributed by atoms with Gasteiger partial charge in [-0.1, -0.05) is 26.8 Å². The molecule has 0 aliphatic carbocycles. The van der Waals surface area contributed by atoms with Crippen LogP contribution >= 0.6 is 0 Å². The van der Waals surface area contributed by atoms with Gasteiger partial charge < -0.3 is 14.8 Å². The van der Waals surface area contributed by atoms with Crippen molar-refractivity contribution in [3.63, 3.8) is 0 Å². The number of nitro benzene ring substituents is 1. The van der Waals surface area contributed by atoms with E-state index >= 15 is 0 Å². The SMILES string of the molecule is Cn1ccnc1C1CNCCN1C(=O)c1ccc(C(C)(C)C)c([N+](=O)[O-])c1. The predicted molar refractivity (Wildman–Crippen MR) is 102 cm³/mol. The van der Waals surface area contributed by atoms with Gasteiger partial charge in [0.25, 0.3) is 11.6 Å². The van der Waals surface area contributed by atoms with E-state index in [4.69, 9.17) is 0 Å². The Kier molecular flexibility index (Phi) is 5.01. The number of benzene rings is 1. The highest BCUT2D eigenvalue weighted by Crippen LogP contribution is 2.33. The molecule has 1 aromatic carbocycles. The minimum absolute atomic E-state index is 0.0166. The number of aromatic nitrogens is 2. The molecule has 1 fully saturated rings. The van der Waals surface area contributed by atoms with Crippen LogP contribution in [0.25, 0.3) is 0 Å². The topological polar surface area (TPSA) is 93.3 Å². The van der Waals surface area contributed by atoms with Crippen LogP contribution < -0.4 is 5.32 Å². The Morgan fingerprint density at radius 3 is 2.70 bits per heavy atom. The van der Waals surface area contributed by atoms with Crippen LogP contribution in [0.4, 0.5) is 5.69 Å². The Balaban J connectivity index is 1.98. The first-order chi connectivity index (χ1) is 12.7. The summed E-state index contributed by atoms with van der Waals surface area (Å²) in [6.45, 7) is 7.55. The molecule has 3 rings (SSSR count). The first-order valence-corrected chi connectivity index (χ1v) is 8.98. The summed E-state index contributed by atoms with van der Waals surface area (Å²) in [5.74, 6) is 0.574. The van der Waals surface area contributed by atoms with Crippen LogP contribution in [0.1, 0.15) is 48.6 Å². The van der Waals surface area contributed by atoms with E-state index in [-0.39, 0.29) is 23.1 Å². The van der Waals surface area contributed by atoms with Gasteiger partial charge in [-0.05, 0) is 11.5 Å². The minimum Gasteiger partial charge on any atom is -0.336 e. The number of hydrogen-bond donors (Lipinski definition) is 1. The maximum Gasteiger partial charge on any atom is 0.273 e. The molecule has 0 bridgehead atoms. The number of imidazole rings is 1. The summed E-state index contributed by atoms with van der Waals surface area (Å²) in [5.41, 5.74) is 0.548. The van der Waals surface area contributed by atoms with Crippen LogP contribution in [-0.4, -0.2) is 44.9 Å². The largest absolute Gasteiger partial charge is 0.336 e. The van der Waals surface area contributed by atoms with Crippen molar-refractivity contribution in [3.05, 3.63) is 57.7 Å². The summed E-state index contributed by atoms with van der Waals surface area (Å²) < 4.78 is 1.89. The normalized spacial score (nSPS) is 17.8. The van der Waals surface area contributed by atoms with Crippen molar-refractivity contribution in [2.24, 2.45) is 7.05 Å². The summed E-state index contributed by atoms with van der Waals surface area (Å²) in [6.07, 6.45) is 3.55. The summed E-state index contributed by atoms with van der Waals surface area (Å²) in [6, 6.07) is 4.57. The van der Waals surface area contributed by atoms with Gasteiger partial charge in [-0.3, -0.25) is 14.9 Å². The van der Waals surface area contributed by atoms with E-state index in [1.807, 2.05) is 38.6 Å². The molecule has 8 heteroatoms. The standard InChI is InChI=1S/C19H25N5O3/c1-19(2,3)14-6-5-13(11-15(14)24(26)27)18(25)23-10-7-20-12-16(23)17-21-8-9-22(17)4/h5-6,8-9,11,16,20H,7,10,12H2,1-4H3. The molecular weight excluding hydrogens is 346 g/mol. The molecule has 1 N–H and O–H groups in total. The Bertz CT molecular complexity index is 868. The summed E-state index contributed by atoms with van der Waals surface area (Å²) in [7, 11) is 1.89. The van der Waals surface area contributed by atoms with Gasteiger partial charge in [0.1, 0.15) is 11.9 Å². The molecule has 1 aliphatic rings. The second kappa shape index (κ2) is 7.11. The number of rotatable bonds is 3. The highest BCUT2D eigenvalue weighted by molar-refractivity contribution is 5.95. The van der Waals surface area contributed by atoms with E-state index in [0.29, 0.717) is 30.8 Å². The number of amides is 1. The van der Waals surface area contributed by atoms with Crippen molar-refractivity contribution in [1.82, 2.24) is 19.8 Å². The van der Waals surface area contributed by atoms with E-state index < -0.39 is 4.92 Å². The number of nitro groups is 1. The number of nitrogens with one attached hydrogen (secondary N) is 1. The molecule has 0 spiro atoms. The molecule has 1 saturated heterocycles. The Morgan fingerprint density at radius 1 is 1.37 bits per heavy atom. The molecule has 1 aromatic heterocycles. The van der Waals surface area contributed by atoms with Gasteiger partial charge in [0.15, 0.2) is 0 Å². The number of aryl methyl sites for hydroxylation is 1. The number of piperazine rings is 1. The molecule has 2 aromatic rings. The maximum absolute atomic E-state index is 13.2. The summed E-state index contributed by atoms with van der Waals surface area (Å²) in [5, 5.41) is 14.9. The average molecular weight is 371 g/mol. The lowest BCUT2D eigenvalue weighted by Gasteiger charge is -2.35. The van der Waals surface area contributed by atoms with Gasteiger partial charge in [-0.2, -0.15) is 0 Å². The molecule has 1 unspecified atom stereocenters. The van der Waals surface area contributed by atoms with Crippen LogP contribution in [-0.2, 0) is 12.5 Å². The Hall–Kier alpha value is -2.74. The van der Waals surface area contributed by atoms with Crippen LogP contribution in [0.5, 0.6) is 0 Å². The van der Waals surface area contributed by atoms with E-state index in [0.717, 1.165) is 5.82 Å². The first-order valence-electron chi connectivity index (χ1n) is 8.98. The minimum atomic E-state index is -0.411. The van der Waals surface area contributed by atoms with Gasteiger partial charge >= 0.3 is 0 Å². The molecule has 27 heavy (non-hydrogen) atoms. The highest BCUT2D eigenvalue weighted by Gasteiger charge is 2.33. The molecular formula is C19H25N5O3. The quantitative estimate of drug-likeness (QED) is 0.661.